The summed E-state index contributed by atoms with van der Waals surface area (Å²) in [6, 6.07) is 13.1. The molecule has 21 heavy (non-hydrogen) atoms. The molecule has 0 radical (unpaired) electrons. The quantitative estimate of drug-likeness (QED) is 0.845. The number of aliphatic hydroxyl groups excluding tert-OH is 1. The molecule has 0 unspecified atom stereocenters. The lowest BCUT2D eigenvalue weighted by Gasteiger charge is -2.10. The molecule has 0 saturated heterocycles. The number of hydrogen-bond donors (Lipinski definition) is 2. The molecule has 0 spiro atoms. The molecule has 5 heteroatoms. The van der Waals surface area contributed by atoms with Crippen LogP contribution in [0.15, 0.2) is 42.5 Å². The van der Waals surface area contributed by atoms with Gasteiger partial charge in [0.05, 0.1) is 6.61 Å². The van der Waals surface area contributed by atoms with E-state index in [4.69, 9.17) is 4.74 Å². The summed E-state index contributed by atoms with van der Waals surface area (Å²) in [6.45, 7) is 1.96. The minimum atomic E-state index is -0.220. The Labute approximate surface area is 123 Å². The van der Waals surface area contributed by atoms with Gasteiger partial charge >= 0.3 is 0 Å². The van der Waals surface area contributed by atoms with Gasteiger partial charge in [-0.3, -0.25) is 9.78 Å². The molecule has 0 aliphatic heterocycles. The Morgan fingerprint density at radius 2 is 2.00 bits per heavy atom. The third-order valence-electron chi connectivity index (χ3n) is 2.91. The zero-order valence-electron chi connectivity index (χ0n) is 11.9. The molecule has 0 aliphatic carbocycles. The molecule has 2 rings (SSSR count). The molecule has 0 fully saturated rings. The number of rotatable bonds is 6. The average Bonchev–Trinajstić information content (AvgIpc) is 2.52. The van der Waals surface area contributed by atoms with Gasteiger partial charge in [-0.15, -0.1) is 0 Å². The standard InChI is InChI=1S/C16H18N2O3/c1-12-7-8-15(14(10-19)18-12)21-11-16(20)17-9-13-5-3-2-4-6-13/h2-8,19H,9-11H2,1H3,(H,17,20). The number of nitrogens with one attached hydrogen (secondary N) is 1. The van der Waals surface area contributed by atoms with E-state index < -0.39 is 0 Å². The summed E-state index contributed by atoms with van der Waals surface area (Å²) < 4.78 is 5.40. The van der Waals surface area contributed by atoms with E-state index in [-0.39, 0.29) is 19.1 Å². The van der Waals surface area contributed by atoms with E-state index in [9.17, 15) is 9.90 Å². The molecule has 110 valence electrons. The van der Waals surface area contributed by atoms with Gasteiger partial charge in [0.1, 0.15) is 11.4 Å². The van der Waals surface area contributed by atoms with E-state index in [1.165, 1.54) is 0 Å². The Kier molecular flexibility index (Phi) is 5.29. The van der Waals surface area contributed by atoms with Crippen molar-refractivity contribution in [3.8, 4) is 5.75 Å². The van der Waals surface area contributed by atoms with Crippen molar-refractivity contribution in [2.75, 3.05) is 6.61 Å². The lowest BCUT2D eigenvalue weighted by molar-refractivity contribution is -0.123. The van der Waals surface area contributed by atoms with Gasteiger partial charge < -0.3 is 15.2 Å². The third-order valence-corrected chi connectivity index (χ3v) is 2.91. The van der Waals surface area contributed by atoms with E-state index in [2.05, 4.69) is 10.3 Å². The van der Waals surface area contributed by atoms with Crippen molar-refractivity contribution >= 4 is 5.91 Å². The summed E-state index contributed by atoms with van der Waals surface area (Å²) in [4.78, 5) is 15.9. The number of aromatic nitrogens is 1. The second kappa shape index (κ2) is 7.40. The van der Waals surface area contributed by atoms with Gasteiger partial charge in [0.2, 0.25) is 0 Å². The van der Waals surface area contributed by atoms with Gasteiger partial charge in [-0.1, -0.05) is 30.3 Å². The molecule has 1 aromatic heterocycles. The minimum Gasteiger partial charge on any atom is -0.482 e. The predicted molar refractivity (Wildman–Crippen MR) is 78.7 cm³/mol. The molecule has 0 atom stereocenters. The molecule has 2 aromatic rings. The van der Waals surface area contributed by atoms with Crippen molar-refractivity contribution in [1.29, 1.82) is 0 Å². The summed E-state index contributed by atoms with van der Waals surface area (Å²) in [5.74, 6) is 0.210. The fourth-order valence-electron chi connectivity index (χ4n) is 1.83. The normalized spacial score (nSPS) is 10.2. The van der Waals surface area contributed by atoms with Crippen molar-refractivity contribution in [3.05, 3.63) is 59.4 Å². The van der Waals surface area contributed by atoms with Crippen molar-refractivity contribution < 1.29 is 14.6 Å². The average molecular weight is 286 g/mol. The molecular weight excluding hydrogens is 268 g/mol. The van der Waals surface area contributed by atoms with Gasteiger partial charge in [0.15, 0.2) is 6.61 Å². The van der Waals surface area contributed by atoms with Crippen molar-refractivity contribution in [2.24, 2.45) is 0 Å². The highest BCUT2D eigenvalue weighted by Gasteiger charge is 2.08. The number of benzene rings is 1. The highest BCUT2D eigenvalue weighted by Crippen LogP contribution is 2.16. The third kappa shape index (κ3) is 4.57. The van der Waals surface area contributed by atoms with Crippen LogP contribution in [0.4, 0.5) is 0 Å². The maximum absolute atomic E-state index is 11.7. The summed E-state index contributed by atoms with van der Waals surface area (Å²) in [6.07, 6.45) is 0. The van der Waals surface area contributed by atoms with Crippen LogP contribution >= 0.6 is 0 Å². The summed E-state index contributed by atoms with van der Waals surface area (Å²) >= 11 is 0. The molecular formula is C16H18N2O3. The van der Waals surface area contributed by atoms with Crippen LogP contribution in [0.25, 0.3) is 0 Å². The number of nitrogens with zero attached hydrogens (tertiary/aromatic N) is 1. The van der Waals surface area contributed by atoms with Crippen LogP contribution in [0.1, 0.15) is 17.0 Å². The molecule has 0 aliphatic rings. The monoisotopic (exact) mass is 286 g/mol. The Hall–Kier alpha value is -2.40. The van der Waals surface area contributed by atoms with Crippen LogP contribution in [0.2, 0.25) is 0 Å². The van der Waals surface area contributed by atoms with E-state index in [0.717, 1.165) is 11.3 Å². The zero-order chi connectivity index (χ0) is 15.1. The largest absolute Gasteiger partial charge is 0.482 e. The van der Waals surface area contributed by atoms with Crippen molar-refractivity contribution in [1.82, 2.24) is 10.3 Å². The van der Waals surface area contributed by atoms with Gasteiger partial charge in [0, 0.05) is 12.2 Å². The van der Waals surface area contributed by atoms with Gasteiger partial charge in [-0.05, 0) is 24.6 Å². The van der Waals surface area contributed by atoms with Crippen molar-refractivity contribution in [2.45, 2.75) is 20.1 Å². The predicted octanol–water partition coefficient (Wildman–Crippen LogP) is 1.58. The first-order valence-corrected chi connectivity index (χ1v) is 6.70. The molecule has 1 heterocycles. The molecule has 5 nitrogen and oxygen atoms in total. The number of aryl methyl sites for hydroxylation is 1. The highest BCUT2D eigenvalue weighted by molar-refractivity contribution is 5.77. The molecule has 0 saturated carbocycles. The number of hydrogen-bond acceptors (Lipinski definition) is 4. The van der Waals surface area contributed by atoms with Gasteiger partial charge in [-0.2, -0.15) is 0 Å². The molecule has 1 amide bonds. The zero-order valence-corrected chi connectivity index (χ0v) is 11.9. The first-order chi connectivity index (χ1) is 10.2. The van der Waals surface area contributed by atoms with E-state index in [0.29, 0.717) is 18.0 Å². The number of amides is 1. The van der Waals surface area contributed by atoms with Gasteiger partial charge in [-0.25, -0.2) is 0 Å². The minimum absolute atomic E-state index is 0.107. The summed E-state index contributed by atoms with van der Waals surface area (Å²) in [5.41, 5.74) is 2.25. The highest BCUT2D eigenvalue weighted by atomic mass is 16.5. The number of aliphatic hydroxyl groups is 1. The number of carbonyl (C=O) groups excluding carboxylic acids is 1. The van der Waals surface area contributed by atoms with Crippen molar-refractivity contribution in [3.63, 3.8) is 0 Å². The lowest BCUT2D eigenvalue weighted by Crippen LogP contribution is -2.28. The summed E-state index contributed by atoms with van der Waals surface area (Å²) in [5, 5.41) is 12.0. The molecule has 1 aromatic carbocycles. The van der Waals surface area contributed by atoms with Gasteiger partial charge in [0.25, 0.3) is 5.91 Å². The van der Waals surface area contributed by atoms with Crippen LogP contribution in [0, 0.1) is 6.92 Å². The Morgan fingerprint density at radius 1 is 1.24 bits per heavy atom. The Morgan fingerprint density at radius 3 is 2.71 bits per heavy atom. The number of carbonyl (C=O) groups is 1. The second-order valence-electron chi connectivity index (χ2n) is 4.61. The fraction of sp³-hybridized carbons (Fsp3) is 0.250. The van der Waals surface area contributed by atoms with Crippen LogP contribution in [0.3, 0.4) is 0 Å². The molecule has 2 N–H and O–H groups in total. The Bertz CT molecular complexity index is 600. The number of pyridine rings is 1. The topological polar surface area (TPSA) is 71.5 Å². The van der Waals surface area contributed by atoms with E-state index in [1.807, 2.05) is 37.3 Å². The first-order valence-electron chi connectivity index (χ1n) is 6.70. The first kappa shape index (κ1) is 15.0. The van der Waals surface area contributed by atoms with Crippen LogP contribution in [-0.2, 0) is 17.9 Å². The maximum atomic E-state index is 11.7. The summed E-state index contributed by atoms with van der Waals surface area (Å²) in [7, 11) is 0. The second-order valence-corrected chi connectivity index (χ2v) is 4.61. The molecule has 0 bridgehead atoms. The van der Waals surface area contributed by atoms with E-state index in [1.54, 1.807) is 12.1 Å². The van der Waals surface area contributed by atoms with Crippen LogP contribution < -0.4 is 10.1 Å². The Balaban J connectivity index is 1.84. The fourth-order valence-corrected chi connectivity index (χ4v) is 1.83. The SMILES string of the molecule is Cc1ccc(OCC(=O)NCc2ccccc2)c(CO)n1. The number of ether oxygens (including phenoxy) is 1. The smallest absolute Gasteiger partial charge is 0.258 e. The lowest BCUT2D eigenvalue weighted by atomic mass is 10.2. The maximum Gasteiger partial charge on any atom is 0.258 e. The van der Waals surface area contributed by atoms with Crippen LogP contribution in [0.5, 0.6) is 5.75 Å². The van der Waals surface area contributed by atoms with Crippen LogP contribution in [-0.4, -0.2) is 22.6 Å². The van der Waals surface area contributed by atoms with E-state index >= 15 is 0 Å².